The maximum Gasteiger partial charge on any atom is 0.106 e. The van der Waals surface area contributed by atoms with Gasteiger partial charge in [0.15, 0.2) is 0 Å². The van der Waals surface area contributed by atoms with E-state index in [9.17, 15) is 0 Å². The second kappa shape index (κ2) is 3.57. The van der Waals surface area contributed by atoms with Crippen molar-refractivity contribution in [1.29, 1.82) is 0 Å². The second-order valence-electron chi connectivity index (χ2n) is 4.46. The highest BCUT2D eigenvalue weighted by Crippen LogP contribution is 2.20. The summed E-state index contributed by atoms with van der Waals surface area (Å²) in [6, 6.07) is 12.6. The summed E-state index contributed by atoms with van der Waals surface area (Å²) in [4.78, 5) is 4.51. The fourth-order valence-electron chi connectivity index (χ4n) is 2.59. The minimum atomic E-state index is 0.634. The molecule has 86 valence electrons. The molecular weight excluding hydrogens is 222 g/mol. The van der Waals surface area contributed by atoms with Gasteiger partial charge < -0.3 is 4.74 Å². The molecule has 0 saturated heterocycles. The monoisotopic (exact) mass is 233 g/mol. The van der Waals surface area contributed by atoms with Gasteiger partial charge >= 0.3 is 0 Å². The Morgan fingerprint density at radius 3 is 3.00 bits per heavy atom. The van der Waals surface area contributed by atoms with E-state index in [4.69, 9.17) is 4.74 Å². The lowest BCUT2D eigenvalue weighted by Crippen LogP contribution is -2.29. The smallest absolute Gasteiger partial charge is 0.106 e. The van der Waals surface area contributed by atoms with E-state index < -0.39 is 0 Å². The molecule has 0 unspecified atom stereocenters. The third-order valence-corrected chi connectivity index (χ3v) is 3.42. The van der Waals surface area contributed by atoms with Crippen molar-refractivity contribution in [3.63, 3.8) is 0 Å². The number of hydrogen-bond acceptors (Lipinski definition) is 2. The van der Waals surface area contributed by atoms with Gasteiger partial charge in [-0.1, -0.05) is 30.3 Å². The van der Waals surface area contributed by atoms with Gasteiger partial charge in [0.25, 0.3) is 0 Å². The fraction of sp³-hybridized carbons (Fsp3) is 0.0625. The first-order valence-electron chi connectivity index (χ1n) is 6.02. The van der Waals surface area contributed by atoms with Gasteiger partial charge in [0.2, 0.25) is 0 Å². The summed E-state index contributed by atoms with van der Waals surface area (Å²) in [5, 5.41) is 6.03. The summed E-state index contributed by atoms with van der Waals surface area (Å²) in [5.41, 5.74) is 1.04. The van der Waals surface area contributed by atoms with Gasteiger partial charge in [-0.15, -0.1) is 0 Å². The number of aromatic nitrogens is 1. The van der Waals surface area contributed by atoms with E-state index in [0.29, 0.717) is 6.61 Å². The van der Waals surface area contributed by atoms with Gasteiger partial charge in [-0.3, -0.25) is 4.98 Å². The molecule has 0 radical (unpaired) electrons. The van der Waals surface area contributed by atoms with Crippen molar-refractivity contribution in [1.82, 2.24) is 4.98 Å². The zero-order valence-electron chi connectivity index (χ0n) is 9.76. The summed E-state index contributed by atoms with van der Waals surface area (Å²) < 4.78 is 5.34. The predicted octanol–water partition coefficient (Wildman–Crippen LogP) is 1.94. The van der Waals surface area contributed by atoms with Crippen molar-refractivity contribution in [2.75, 3.05) is 6.61 Å². The number of fused-ring (bicyclic) bond motifs is 5. The van der Waals surface area contributed by atoms with Crippen LogP contribution in [0.15, 0.2) is 42.6 Å². The van der Waals surface area contributed by atoms with Crippen LogP contribution in [0.3, 0.4) is 0 Å². The number of benzene rings is 2. The highest BCUT2D eigenvalue weighted by Gasteiger charge is 2.05. The van der Waals surface area contributed by atoms with E-state index in [2.05, 4.69) is 47.5 Å². The Hall–Kier alpha value is -2.35. The molecule has 0 fully saturated rings. The maximum atomic E-state index is 5.34. The molecule has 4 rings (SSSR count). The molecule has 2 aromatic carbocycles. The van der Waals surface area contributed by atoms with E-state index in [1.807, 2.05) is 6.20 Å². The van der Waals surface area contributed by atoms with Crippen LogP contribution in [-0.2, 0) is 4.74 Å². The highest BCUT2D eigenvalue weighted by molar-refractivity contribution is 6.06. The van der Waals surface area contributed by atoms with Crippen LogP contribution in [0, 0.1) is 0 Å². The quantitative estimate of drug-likeness (QED) is 0.554. The Balaban J connectivity index is 2.38. The van der Waals surface area contributed by atoms with E-state index in [0.717, 1.165) is 10.7 Å². The van der Waals surface area contributed by atoms with Gasteiger partial charge in [0.1, 0.15) is 6.61 Å². The molecule has 2 heterocycles. The van der Waals surface area contributed by atoms with Crippen LogP contribution >= 0.6 is 0 Å². The Bertz CT molecular complexity index is 881. The Morgan fingerprint density at radius 1 is 1.06 bits per heavy atom. The molecule has 2 heteroatoms. The lowest BCUT2D eigenvalue weighted by molar-refractivity contribution is 0.346. The highest BCUT2D eigenvalue weighted by atomic mass is 16.5. The molecule has 0 amide bonds. The van der Waals surface area contributed by atoms with Crippen LogP contribution < -0.4 is 10.4 Å². The molecule has 2 nitrogen and oxygen atoms in total. The number of ether oxygens (including phenoxy) is 1. The van der Waals surface area contributed by atoms with Gasteiger partial charge in [-0.25, -0.2) is 0 Å². The van der Waals surface area contributed by atoms with Gasteiger partial charge in [-0.2, -0.15) is 0 Å². The van der Waals surface area contributed by atoms with Gasteiger partial charge in [0.05, 0.1) is 11.8 Å². The number of nitrogens with zero attached hydrogens (tertiary/aromatic N) is 1. The third kappa shape index (κ3) is 1.26. The van der Waals surface area contributed by atoms with Crippen LogP contribution in [-0.4, -0.2) is 11.6 Å². The molecule has 0 atom stereocenters. The normalized spacial score (nSPS) is 13.6. The van der Waals surface area contributed by atoms with Crippen molar-refractivity contribution in [2.24, 2.45) is 0 Å². The van der Waals surface area contributed by atoms with Crippen molar-refractivity contribution >= 4 is 34.0 Å². The van der Waals surface area contributed by atoms with Crippen molar-refractivity contribution in [3.05, 3.63) is 53.0 Å². The number of rotatable bonds is 0. The first kappa shape index (κ1) is 9.66. The fourth-order valence-corrected chi connectivity index (χ4v) is 2.59. The largest absolute Gasteiger partial charge is 0.496 e. The summed E-state index contributed by atoms with van der Waals surface area (Å²) in [5.74, 6) is 0. The Morgan fingerprint density at radius 2 is 2.00 bits per heavy atom. The molecular formula is C16H11NO. The SMILES string of the molecule is C1=c2cnc3ccc4ccccc4c3c2=CCO1. The molecule has 0 aliphatic carbocycles. The molecule has 0 saturated carbocycles. The molecule has 1 aliphatic rings. The van der Waals surface area contributed by atoms with Crippen LogP contribution in [0.1, 0.15) is 0 Å². The maximum absolute atomic E-state index is 5.34. The Kier molecular flexibility index (Phi) is 1.92. The molecule has 1 aromatic heterocycles. The Labute approximate surface area is 104 Å². The van der Waals surface area contributed by atoms with E-state index in [-0.39, 0.29) is 0 Å². The average Bonchev–Trinajstić information content (AvgIpc) is 2.46. The van der Waals surface area contributed by atoms with Crippen molar-refractivity contribution < 1.29 is 4.74 Å². The lowest BCUT2D eigenvalue weighted by Gasteiger charge is -2.08. The topological polar surface area (TPSA) is 22.1 Å². The number of hydrogen-bond donors (Lipinski definition) is 0. The second-order valence-corrected chi connectivity index (χ2v) is 4.46. The van der Waals surface area contributed by atoms with Crippen LogP contribution in [0.4, 0.5) is 0 Å². The average molecular weight is 233 g/mol. The number of pyridine rings is 1. The van der Waals surface area contributed by atoms with Crippen LogP contribution in [0.5, 0.6) is 0 Å². The lowest BCUT2D eigenvalue weighted by atomic mass is 10.0. The summed E-state index contributed by atoms with van der Waals surface area (Å²) in [6.45, 7) is 0.634. The van der Waals surface area contributed by atoms with Crippen LogP contribution in [0.2, 0.25) is 0 Å². The van der Waals surface area contributed by atoms with Crippen molar-refractivity contribution in [2.45, 2.75) is 0 Å². The summed E-state index contributed by atoms with van der Waals surface area (Å²) in [6.07, 6.45) is 5.80. The van der Waals surface area contributed by atoms with Crippen LogP contribution in [0.25, 0.3) is 34.0 Å². The first-order chi connectivity index (χ1) is 8.93. The first-order valence-corrected chi connectivity index (χ1v) is 6.02. The van der Waals surface area contributed by atoms with E-state index in [1.165, 1.54) is 21.4 Å². The third-order valence-electron chi connectivity index (χ3n) is 3.42. The van der Waals surface area contributed by atoms with E-state index >= 15 is 0 Å². The molecule has 3 aromatic rings. The van der Waals surface area contributed by atoms with E-state index in [1.54, 1.807) is 6.26 Å². The molecule has 18 heavy (non-hydrogen) atoms. The zero-order valence-corrected chi connectivity index (χ0v) is 9.76. The molecule has 1 aliphatic heterocycles. The predicted molar refractivity (Wildman–Crippen MR) is 73.4 cm³/mol. The van der Waals surface area contributed by atoms with Gasteiger partial charge in [0, 0.05) is 16.8 Å². The summed E-state index contributed by atoms with van der Waals surface area (Å²) >= 11 is 0. The summed E-state index contributed by atoms with van der Waals surface area (Å²) in [7, 11) is 0. The minimum Gasteiger partial charge on any atom is -0.496 e. The standard InChI is InChI=1S/C16H11NO/c1-2-4-13-11(3-1)5-6-15-16(13)14-7-8-18-10-12(14)9-17-15/h1-7,9-10H,8H2. The minimum absolute atomic E-state index is 0.634. The zero-order chi connectivity index (χ0) is 11.9. The molecule has 0 bridgehead atoms. The van der Waals surface area contributed by atoms with Crippen molar-refractivity contribution in [3.8, 4) is 0 Å². The van der Waals surface area contributed by atoms with Gasteiger partial charge in [-0.05, 0) is 28.1 Å². The molecule has 0 spiro atoms. The molecule has 0 N–H and O–H groups in total.